The number of anilines is 1. The van der Waals surface area contributed by atoms with E-state index in [4.69, 9.17) is 0 Å². The molecule has 1 atom stereocenters. The van der Waals surface area contributed by atoms with Crippen molar-refractivity contribution in [3.63, 3.8) is 0 Å². The van der Waals surface area contributed by atoms with Gasteiger partial charge in [0.25, 0.3) is 0 Å². The van der Waals surface area contributed by atoms with Crippen LogP contribution < -0.4 is 5.32 Å². The fraction of sp³-hybridized carbons (Fsp3) is 0.200. The largest absolute Gasteiger partial charge is 0.508 e. The van der Waals surface area contributed by atoms with Crippen molar-refractivity contribution in [3.8, 4) is 11.5 Å². The Morgan fingerprint density at radius 2 is 1.74 bits per heavy atom. The van der Waals surface area contributed by atoms with Gasteiger partial charge in [0.2, 0.25) is 0 Å². The molecule has 2 rings (SSSR count). The maximum absolute atomic E-state index is 9.68. The van der Waals surface area contributed by atoms with E-state index in [9.17, 15) is 10.2 Å². The van der Waals surface area contributed by atoms with Gasteiger partial charge in [-0.25, -0.2) is 0 Å². The Hall–Kier alpha value is -1.68. The van der Waals surface area contributed by atoms with Crippen molar-refractivity contribution in [2.75, 3.05) is 5.32 Å². The second-order valence-corrected chi connectivity index (χ2v) is 4.44. The molecule has 4 heteroatoms. The highest BCUT2D eigenvalue weighted by molar-refractivity contribution is 8.93. The molecule has 0 saturated carbocycles. The summed E-state index contributed by atoms with van der Waals surface area (Å²) < 4.78 is 0. The van der Waals surface area contributed by atoms with Crippen LogP contribution >= 0.6 is 17.0 Å². The van der Waals surface area contributed by atoms with Crippen LogP contribution in [0, 0.1) is 0 Å². The molecule has 2 aromatic carbocycles. The SMILES string of the molecule is Br.CC(Cc1ccccc1)Nc1cc(O)ccc1O. The molecule has 0 aliphatic heterocycles. The van der Waals surface area contributed by atoms with Gasteiger partial charge in [0.1, 0.15) is 11.5 Å². The number of hydrogen-bond donors (Lipinski definition) is 3. The average Bonchev–Trinajstić information content (AvgIpc) is 2.35. The molecule has 102 valence electrons. The molecular formula is C15H18BrNO2. The molecule has 0 aromatic heterocycles. The van der Waals surface area contributed by atoms with Crippen molar-refractivity contribution in [1.29, 1.82) is 0 Å². The first-order valence-electron chi connectivity index (χ1n) is 5.97. The molecule has 0 aliphatic carbocycles. The third-order valence-corrected chi connectivity index (χ3v) is 2.77. The van der Waals surface area contributed by atoms with E-state index in [2.05, 4.69) is 17.4 Å². The Labute approximate surface area is 123 Å². The van der Waals surface area contributed by atoms with Gasteiger partial charge in [-0.2, -0.15) is 0 Å². The van der Waals surface area contributed by atoms with Gasteiger partial charge in [-0.3, -0.25) is 0 Å². The predicted molar refractivity (Wildman–Crippen MR) is 83.3 cm³/mol. The number of phenolic OH excluding ortho intramolecular Hbond substituents is 2. The van der Waals surface area contributed by atoms with Crippen LogP contribution in [0.15, 0.2) is 48.5 Å². The summed E-state index contributed by atoms with van der Waals surface area (Å²) in [7, 11) is 0. The summed E-state index contributed by atoms with van der Waals surface area (Å²) in [6.07, 6.45) is 0.857. The maximum Gasteiger partial charge on any atom is 0.138 e. The van der Waals surface area contributed by atoms with Crippen molar-refractivity contribution >= 4 is 22.7 Å². The van der Waals surface area contributed by atoms with E-state index in [1.54, 1.807) is 0 Å². The average molecular weight is 324 g/mol. The van der Waals surface area contributed by atoms with Crippen molar-refractivity contribution in [2.24, 2.45) is 0 Å². The van der Waals surface area contributed by atoms with Crippen LogP contribution in [-0.2, 0) is 6.42 Å². The van der Waals surface area contributed by atoms with E-state index in [1.807, 2.05) is 25.1 Å². The Morgan fingerprint density at radius 3 is 2.42 bits per heavy atom. The lowest BCUT2D eigenvalue weighted by molar-refractivity contribution is 0.461. The second kappa shape index (κ2) is 7.04. The van der Waals surface area contributed by atoms with Crippen LogP contribution in [0.2, 0.25) is 0 Å². The van der Waals surface area contributed by atoms with Crippen LogP contribution in [0.3, 0.4) is 0 Å². The number of phenols is 2. The Bertz CT molecular complexity index is 517. The number of benzene rings is 2. The molecular weight excluding hydrogens is 306 g/mol. The van der Waals surface area contributed by atoms with Gasteiger partial charge in [0.15, 0.2) is 0 Å². The van der Waals surface area contributed by atoms with E-state index >= 15 is 0 Å². The van der Waals surface area contributed by atoms with Gasteiger partial charge < -0.3 is 15.5 Å². The van der Waals surface area contributed by atoms with E-state index in [-0.39, 0.29) is 34.5 Å². The lowest BCUT2D eigenvalue weighted by atomic mass is 10.1. The molecule has 0 bridgehead atoms. The fourth-order valence-corrected chi connectivity index (χ4v) is 1.92. The highest BCUT2D eigenvalue weighted by Crippen LogP contribution is 2.28. The first-order valence-corrected chi connectivity index (χ1v) is 5.97. The minimum Gasteiger partial charge on any atom is -0.508 e. The molecule has 3 nitrogen and oxygen atoms in total. The van der Waals surface area contributed by atoms with Crippen LogP contribution in [0.25, 0.3) is 0 Å². The monoisotopic (exact) mass is 323 g/mol. The minimum absolute atomic E-state index is 0. The van der Waals surface area contributed by atoms with Gasteiger partial charge in [-0.15, -0.1) is 17.0 Å². The fourth-order valence-electron chi connectivity index (χ4n) is 1.92. The van der Waals surface area contributed by atoms with Gasteiger partial charge in [-0.1, -0.05) is 30.3 Å². The molecule has 3 N–H and O–H groups in total. The minimum atomic E-state index is 0. The number of hydrogen-bond acceptors (Lipinski definition) is 3. The number of aromatic hydroxyl groups is 2. The van der Waals surface area contributed by atoms with Gasteiger partial charge in [0, 0.05) is 12.1 Å². The predicted octanol–water partition coefficient (Wildman–Crippen LogP) is 3.72. The zero-order valence-electron chi connectivity index (χ0n) is 10.7. The third-order valence-electron chi connectivity index (χ3n) is 2.77. The molecule has 0 saturated heterocycles. The summed E-state index contributed by atoms with van der Waals surface area (Å²) in [5.41, 5.74) is 1.79. The highest BCUT2D eigenvalue weighted by Gasteiger charge is 2.07. The Balaban J connectivity index is 0.00000180. The Kier molecular flexibility index (Phi) is 5.70. The lowest BCUT2D eigenvalue weighted by Crippen LogP contribution is -2.18. The molecule has 0 aliphatic rings. The highest BCUT2D eigenvalue weighted by atomic mass is 79.9. The third kappa shape index (κ3) is 4.48. The summed E-state index contributed by atoms with van der Waals surface area (Å²) >= 11 is 0. The number of nitrogens with one attached hydrogen (secondary N) is 1. The molecule has 2 aromatic rings. The Morgan fingerprint density at radius 1 is 1.05 bits per heavy atom. The number of halogens is 1. The van der Waals surface area contributed by atoms with Crippen LogP contribution in [0.5, 0.6) is 11.5 Å². The molecule has 0 heterocycles. The summed E-state index contributed by atoms with van der Waals surface area (Å²) in [5.74, 6) is 0.287. The summed E-state index contributed by atoms with van der Waals surface area (Å²) in [4.78, 5) is 0. The quantitative estimate of drug-likeness (QED) is 0.593. The standard InChI is InChI=1S/C15H17NO2.BrH/c1-11(9-12-5-3-2-4-6-12)16-14-10-13(17)7-8-15(14)18;/h2-8,10-11,16-18H,9H2,1H3;1H. The normalized spacial score (nSPS) is 11.4. The van der Waals surface area contributed by atoms with Crippen LogP contribution in [-0.4, -0.2) is 16.3 Å². The van der Waals surface area contributed by atoms with E-state index in [0.29, 0.717) is 5.69 Å². The summed E-state index contributed by atoms with van der Waals surface area (Å²) in [6.45, 7) is 2.04. The van der Waals surface area contributed by atoms with Crippen molar-refractivity contribution in [2.45, 2.75) is 19.4 Å². The number of rotatable bonds is 4. The van der Waals surface area contributed by atoms with Gasteiger partial charge in [-0.05, 0) is 31.0 Å². The van der Waals surface area contributed by atoms with Crippen LogP contribution in [0.4, 0.5) is 5.69 Å². The summed E-state index contributed by atoms with van der Waals surface area (Å²) in [6, 6.07) is 14.8. The van der Waals surface area contributed by atoms with Gasteiger partial charge in [0.05, 0.1) is 5.69 Å². The molecule has 19 heavy (non-hydrogen) atoms. The zero-order chi connectivity index (χ0) is 13.0. The molecule has 1 unspecified atom stereocenters. The van der Waals surface area contributed by atoms with Gasteiger partial charge >= 0.3 is 0 Å². The molecule has 0 amide bonds. The second-order valence-electron chi connectivity index (χ2n) is 4.44. The summed E-state index contributed by atoms with van der Waals surface area (Å²) in [5, 5.41) is 22.3. The van der Waals surface area contributed by atoms with E-state index in [0.717, 1.165) is 6.42 Å². The lowest BCUT2D eigenvalue weighted by Gasteiger charge is -2.16. The zero-order valence-corrected chi connectivity index (χ0v) is 12.4. The van der Waals surface area contributed by atoms with Crippen molar-refractivity contribution in [1.82, 2.24) is 0 Å². The van der Waals surface area contributed by atoms with E-state index < -0.39 is 0 Å². The smallest absolute Gasteiger partial charge is 0.138 e. The molecule has 0 spiro atoms. The first-order chi connectivity index (χ1) is 8.65. The first kappa shape index (κ1) is 15.4. The molecule has 0 fully saturated rings. The van der Waals surface area contributed by atoms with E-state index in [1.165, 1.54) is 23.8 Å². The molecule has 0 radical (unpaired) electrons. The van der Waals surface area contributed by atoms with Crippen molar-refractivity contribution in [3.05, 3.63) is 54.1 Å². The van der Waals surface area contributed by atoms with Crippen LogP contribution in [0.1, 0.15) is 12.5 Å². The maximum atomic E-state index is 9.68. The topological polar surface area (TPSA) is 52.5 Å². The van der Waals surface area contributed by atoms with Crippen molar-refractivity contribution < 1.29 is 10.2 Å².